The third-order valence-corrected chi connectivity index (χ3v) is 4.30. The van der Waals surface area contributed by atoms with E-state index in [-0.39, 0.29) is 6.54 Å². The molecule has 0 amide bonds. The van der Waals surface area contributed by atoms with Gasteiger partial charge in [-0.1, -0.05) is 35.5 Å². The van der Waals surface area contributed by atoms with Crippen LogP contribution in [0.4, 0.5) is 13.2 Å². The highest BCUT2D eigenvalue weighted by atomic mass is 35.5. The molecule has 0 radical (unpaired) electrons. The van der Waals surface area contributed by atoms with Crippen LogP contribution in [0, 0.1) is 0 Å². The topological polar surface area (TPSA) is 26.0 Å². The summed E-state index contributed by atoms with van der Waals surface area (Å²) in [4.78, 5) is 1.46. The summed E-state index contributed by atoms with van der Waals surface area (Å²) in [5, 5.41) is 0.556. The summed E-state index contributed by atoms with van der Waals surface area (Å²) < 4.78 is 38.0. The summed E-state index contributed by atoms with van der Waals surface area (Å²) in [6, 6.07) is 10.7. The van der Waals surface area contributed by atoms with Crippen molar-refractivity contribution >= 4 is 23.4 Å². The second-order valence-electron chi connectivity index (χ2n) is 4.06. The zero-order valence-corrected chi connectivity index (χ0v) is 11.8. The van der Waals surface area contributed by atoms with E-state index in [2.05, 4.69) is 0 Å². The van der Waals surface area contributed by atoms with Crippen molar-refractivity contribution in [3.63, 3.8) is 0 Å². The Kier molecular flexibility index (Phi) is 4.62. The monoisotopic (exact) mass is 317 g/mol. The molecule has 0 saturated carbocycles. The van der Waals surface area contributed by atoms with Gasteiger partial charge in [0.05, 0.1) is 10.6 Å². The average Bonchev–Trinajstić information content (AvgIpc) is 2.40. The molecular formula is C14H11ClF3NS. The molecule has 0 unspecified atom stereocenters. The first-order valence-corrected chi connectivity index (χ1v) is 6.94. The van der Waals surface area contributed by atoms with Gasteiger partial charge in [0.2, 0.25) is 0 Å². The minimum absolute atomic E-state index is 0.0384. The van der Waals surface area contributed by atoms with E-state index < -0.39 is 11.7 Å². The SMILES string of the molecule is NCc1cc(C(F)(F)F)ccc1Sc1ccccc1Cl. The summed E-state index contributed by atoms with van der Waals surface area (Å²) >= 11 is 7.35. The third-order valence-electron chi connectivity index (χ3n) is 2.66. The normalized spacial score (nSPS) is 11.7. The van der Waals surface area contributed by atoms with Crippen LogP contribution in [-0.4, -0.2) is 0 Å². The van der Waals surface area contributed by atoms with E-state index in [0.717, 1.165) is 17.0 Å². The van der Waals surface area contributed by atoms with E-state index in [1.54, 1.807) is 12.1 Å². The van der Waals surface area contributed by atoms with Gasteiger partial charge in [-0.3, -0.25) is 0 Å². The molecule has 0 saturated heterocycles. The zero-order valence-electron chi connectivity index (χ0n) is 10.2. The largest absolute Gasteiger partial charge is 0.416 e. The Balaban J connectivity index is 2.36. The molecule has 0 aliphatic heterocycles. The van der Waals surface area contributed by atoms with E-state index in [4.69, 9.17) is 17.3 Å². The van der Waals surface area contributed by atoms with E-state index in [9.17, 15) is 13.2 Å². The fourth-order valence-corrected chi connectivity index (χ4v) is 2.87. The molecule has 0 aliphatic carbocycles. The number of hydrogen-bond acceptors (Lipinski definition) is 2. The molecule has 0 fully saturated rings. The lowest BCUT2D eigenvalue weighted by Gasteiger charge is -2.12. The van der Waals surface area contributed by atoms with Crippen LogP contribution < -0.4 is 5.73 Å². The van der Waals surface area contributed by atoms with Gasteiger partial charge in [-0.15, -0.1) is 0 Å². The lowest BCUT2D eigenvalue weighted by atomic mass is 10.1. The van der Waals surface area contributed by atoms with Crippen LogP contribution >= 0.6 is 23.4 Å². The number of alkyl halides is 3. The molecule has 0 spiro atoms. The molecule has 6 heteroatoms. The second kappa shape index (κ2) is 6.08. The lowest BCUT2D eigenvalue weighted by molar-refractivity contribution is -0.137. The molecule has 0 heterocycles. The highest BCUT2D eigenvalue weighted by Gasteiger charge is 2.30. The Labute approximate surface area is 123 Å². The quantitative estimate of drug-likeness (QED) is 0.865. The predicted molar refractivity (Wildman–Crippen MR) is 74.9 cm³/mol. The van der Waals surface area contributed by atoms with Crippen molar-refractivity contribution in [2.75, 3.05) is 0 Å². The Morgan fingerprint density at radius 1 is 1.05 bits per heavy atom. The average molecular weight is 318 g/mol. The van der Waals surface area contributed by atoms with Gasteiger partial charge in [-0.05, 0) is 35.9 Å². The Hall–Kier alpha value is -1.17. The molecule has 0 bridgehead atoms. The van der Waals surface area contributed by atoms with Crippen molar-refractivity contribution in [1.82, 2.24) is 0 Å². The number of hydrogen-bond donors (Lipinski definition) is 1. The number of rotatable bonds is 3. The van der Waals surface area contributed by atoms with Gasteiger partial charge in [-0.2, -0.15) is 13.2 Å². The molecule has 0 aromatic heterocycles. The highest BCUT2D eigenvalue weighted by Crippen LogP contribution is 2.37. The van der Waals surface area contributed by atoms with E-state index in [1.165, 1.54) is 17.8 Å². The van der Waals surface area contributed by atoms with Crippen molar-refractivity contribution in [3.8, 4) is 0 Å². The van der Waals surface area contributed by atoms with Crippen molar-refractivity contribution in [1.29, 1.82) is 0 Å². The second-order valence-corrected chi connectivity index (χ2v) is 5.55. The third kappa shape index (κ3) is 3.48. The van der Waals surface area contributed by atoms with Crippen molar-refractivity contribution in [2.24, 2.45) is 5.73 Å². The van der Waals surface area contributed by atoms with Crippen LogP contribution in [-0.2, 0) is 12.7 Å². The maximum atomic E-state index is 12.7. The summed E-state index contributed by atoms with van der Waals surface area (Å²) in [6.07, 6.45) is -4.36. The first-order chi connectivity index (χ1) is 9.41. The van der Waals surface area contributed by atoms with Gasteiger partial charge in [-0.25, -0.2) is 0 Å². The van der Waals surface area contributed by atoms with Crippen LogP contribution in [0.15, 0.2) is 52.3 Å². The smallest absolute Gasteiger partial charge is 0.326 e. The Morgan fingerprint density at radius 2 is 1.75 bits per heavy atom. The van der Waals surface area contributed by atoms with E-state index in [1.807, 2.05) is 12.1 Å². The van der Waals surface area contributed by atoms with Gasteiger partial charge in [0, 0.05) is 16.3 Å². The molecule has 2 aromatic rings. The fourth-order valence-electron chi connectivity index (χ4n) is 1.66. The van der Waals surface area contributed by atoms with Gasteiger partial charge in [0.1, 0.15) is 0 Å². The lowest BCUT2D eigenvalue weighted by Crippen LogP contribution is -2.07. The molecule has 2 rings (SSSR count). The highest BCUT2D eigenvalue weighted by molar-refractivity contribution is 7.99. The summed E-state index contributed by atoms with van der Waals surface area (Å²) in [5.41, 5.74) is 5.30. The molecule has 0 atom stereocenters. The van der Waals surface area contributed by atoms with Crippen molar-refractivity contribution < 1.29 is 13.2 Å². The first-order valence-electron chi connectivity index (χ1n) is 5.74. The minimum atomic E-state index is -4.36. The van der Waals surface area contributed by atoms with E-state index >= 15 is 0 Å². The number of halogens is 4. The zero-order chi connectivity index (χ0) is 14.8. The van der Waals surface area contributed by atoms with Crippen LogP contribution in [0.5, 0.6) is 0 Å². The summed E-state index contributed by atoms with van der Waals surface area (Å²) in [5.74, 6) is 0. The van der Waals surface area contributed by atoms with Crippen LogP contribution in [0.25, 0.3) is 0 Å². The van der Waals surface area contributed by atoms with Gasteiger partial charge >= 0.3 is 6.18 Å². The fraction of sp³-hybridized carbons (Fsp3) is 0.143. The maximum Gasteiger partial charge on any atom is 0.416 e. The maximum absolute atomic E-state index is 12.7. The first kappa shape index (κ1) is 15.2. The molecule has 20 heavy (non-hydrogen) atoms. The van der Waals surface area contributed by atoms with Crippen molar-refractivity contribution in [2.45, 2.75) is 22.5 Å². The minimum Gasteiger partial charge on any atom is -0.326 e. The molecule has 1 nitrogen and oxygen atoms in total. The van der Waals surface area contributed by atoms with Crippen molar-refractivity contribution in [3.05, 3.63) is 58.6 Å². The molecular weight excluding hydrogens is 307 g/mol. The number of benzene rings is 2. The standard InChI is InChI=1S/C14H11ClF3NS/c15-11-3-1-2-4-13(11)20-12-6-5-10(14(16,17)18)7-9(12)8-19/h1-7H,8,19H2. The molecule has 2 aromatic carbocycles. The summed E-state index contributed by atoms with van der Waals surface area (Å²) in [7, 11) is 0. The van der Waals surface area contributed by atoms with Crippen LogP contribution in [0.3, 0.4) is 0 Å². The Bertz CT molecular complexity index is 614. The van der Waals surface area contributed by atoms with Gasteiger partial charge in [0.15, 0.2) is 0 Å². The predicted octanol–water partition coefficient (Wildman–Crippen LogP) is 4.97. The van der Waals surface area contributed by atoms with Gasteiger partial charge < -0.3 is 5.73 Å². The number of nitrogens with two attached hydrogens (primary N) is 1. The Morgan fingerprint density at radius 3 is 2.35 bits per heavy atom. The van der Waals surface area contributed by atoms with Gasteiger partial charge in [0.25, 0.3) is 0 Å². The molecule has 2 N–H and O–H groups in total. The molecule has 0 aliphatic rings. The van der Waals surface area contributed by atoms with Crippen LogP contribution in [0.1, 0.15) is 11.1 Å². The molecule has 106 valence electrons. The van der Waals surface area contributed by atoms with Crippen LogP contribution in [0.2, 0.25) is 5.02 Å². The summed E-state index contributed by atoms with van der Waals surface area (Å²) in [6.45, 7) is 0.0384. The van der Waals surface area contributed by atoms with E-state index in [0.29, 0.717) is 15.5 Å².